The lowest BCUT2D eigenvalue weighted by molar-refractivity contribution is -0.118. The van der Waals surface area contributed by atoms with Crippen LogP contribution in [0.4, 0.5) is 5.95 Å². The number of imidazole rings is 1. The van der Waals surface area contributed by atoms with Crippen LogP contribution < -0.4 is 10.9 Å². The molecule has 0 radical (unpaired) electrons. The highest BCUT2D eigenvalue weighted by atomic mass is 16.6. The van der Waals surface area contributed by atoms with E-state index in [0.29, 0.717) is 0 Å². The fourth-order valence-electron chi connectivity index (χ4n) is 2.32. The van der Waals surface area contributed by atoms with Gasteiger partial charge in [0.1, 0.15) is 6.10 Å². The van der Waals surface area contributed by atoms with Crippen LogP contribution in [-0.4, -0.2) is 53.5 Å². The number of aliphatic hydroxyl groups is 3. The van der Waals surface area contributed by atoms with Crippen LogP contribution in [0.3, 0.4) is 0 Å². The van der Waals surface area contributed by atoms with E-state index in [2.05, 4.69) is 20.3 Å². The van der Waals surface area contributed by atoms with Gasteiger partial charge in [-0.15, -0.1) is 0 Å². The Bertz CT molecular complexity index is 914. The molecular formula is C14H17N5O6. The molecule has 134 valence electrons. The fraction of sp³-hybridized carbons (Fsp3) is 0.429. The summed E-state index contributed by atoms with van der Waals surface area (Å²) in [4.78, 5) is 34.3. The van der Waals surface area contributed by atoms with Crippen LogP contribution in [0, 0.1) is 5.92 Å². The molecule has 0 bridgehead atoms. The molecule has 25 heavy (non-hydrogen) atoms. The van der Waals surface area contributed by atoms with Gasteiger partial charge in [-0.3, -0.25) is 24.5 Å². The first kappa shape index (κ1) is 16.9. The van der Waals surface area contributed by atoms with Crippen LogP contribution in [0.5, 0.6) is 0 Å². The topological polar surface area (TPSA) is 163 Å². The molecule has 1 amide bonds. The molecule has 2 atom stereocenters. The Morgan fingerprint density at radius 3 is 2.76 bits per heavy atom. The van der Waals surface area contributed by atoms with Gasteiger partial charge in [0.2, 0.25) is 11.9 Å². The minimum Gasteiger partial charge on any atom is -0.506 e. The number of aromatic amines is 1. The molecule has 1 aliphatic rings. The first-order valence-electron chi connectivity index (χ1n) is 7.49. The monoisotopic (exact) mass is 351 g/mol. The van der Waals surface area contributed by atoms with Gasteiger partial charge in [-0.05, 0) is 0 Å². The first-order valence-corrected chi connectivity index (χ1v) is 7.49. The van der Waals surface area contributed by atoms with E-state index in [1.54, 1.807) is 13.8 Å². The van der Waals surface area contributed by atoms with Crippen molar-refractivity contribution >= 4 is 23.0 Å². The van der Waals surface area contributed by atoms with E-state index in [1.807, 2.05) is 0 Å². The van der Waals surface area contributed by atoms with Crippen LogP contribution in [0.25, 0.3) is 11.2 Å². The van der Waals surface area contributed by atoms with Gasteiger partial charge in [0, 0.05) is 5.92 Å². The number of rotatable bonds is 4. The van der Waals surface area contributed by atoms with Gasteiger partial charge in [-0.1, -0.05) is 13.8 Å². The quantitative estimate of drug-likeness (QED) is 0.511. The molecule has 3 heterocycles. The summed E-state index contributed by atoms with van der Waals surface area (Å²) in [6.45, 7) is 2.83. The molecule has 0 aliphatic carbocycles. The number of carbonyl (C=O) groups excluding carboxylic acids is 1. The second kappa shape index (κ2) is 6.18. The molecule has 0 saturated carbocycles. The second-order valence-electron chi connectivity index (χ2n) is 5.81. The number of nitrogens with zero attached hydrogens (tertiary/aromatic N) is 3. The van der Waals surface area contributed by atoms with Crippen molar-refractivity contribution in [1.82, 2.24) is 19.5 Å². The number of amides is 1. The molecule has 11 nitrogen and oxygen atoms in total. The van der Waals surface area contributed by atoms with Crippen LogP contribution in [0.15, 0.2) is 22.6 Å². The highest BCUT2D eigenvalue weighted by Crippen LogP contribution is 2.32. The number of nitrogens with one attached hydrogen (secondary N) is 2. The molecular weight excluding hydrogens is 334 g/mol. The van der Waals surface area contributed by atoms with Crippen molar-refractivity contribution in [3.63, 3.8) is 0 Å². The molecule has 1 aliphatic heterocycles. The molecule has 0 spiro atoms. The predicted molar refractivity (Wildman–Crippen MR) is 84.9 cm³/mol. The standard InChI is InChI=1S/C14H17N5O6/c1-5(2)11(23)17-14-16-10-7(12(24)18-14)15-4-19(10)13-9(22)8(21)6(3-20)25-13/h4-6,13,20-22H,3H2,1-2H3,(H2,16,17,18,23,24)/t6-,13-/m1/s1. The number of H-pyrrole nitrogens is 1. The van der Waals surface area contributed by atoms with Crippen molar-refractivity contribution in [2.45, 2.75) is 26.2 Å². The van der Waals surface area contributed by atoms with E-state index in [-0.39, 0.29) is 28.9 Å². The zero-order valence-electron chi connectivity index (χ0n) is 13.4. The van der Waals surface area contributed by atoms with Gasteiger partial charge in [0.05, 0.1) is 12.9 Å². The Morgan fingerprint density at radius 2 is 2.16 bits per heavy atom. The number of carbonyl (C=O) groups is 1. The Labute approximate surface area is 140 Å². The number of hydrogen-bond donors (Lipinski definition) is 5. The zero-order chi connectivity index (χ0) is 18.3. The maximum absolute atomic E-state index is 12.1. The van der Waals surface area contributed by atoms with Gasteiger partial charge in [-0.25, -0.2) is 4.98 Å². The van der Waals surface area contributed by atoms with Gasteiger partial charge in [0.15, 0.2) is 28.9 Å². The van der Waals surface area contributed by atoms with E-state index < -0.39 is 36.0 Å². The number of ether oxygens (including phenoxy) is 1. The minimum absolute atomic E-state index is 0.0331. The van der Waals surface area contributed by atoms with E-state index in [0.717, 1.165) is 0 Å². The van der Waals surface area contributed by atoms with Crippen molar-refractivity contribution in [3.05, 3.63) is 28.2 Å². The van der Waals surface area contributed by atoms with Crippen molar-refractivity contribution in [2.24, 2.45) is 5.92 Å². The number of aliphatic hydroxyl groups excluding tert-OH is 3. The molecule has 5 N–H and O–H groups in total. The molecule has 11 heteroatoms. The number of hydrogen-bond acceptors (Lipinski definition) is 8. The summed E-state index contributed by atoms with van der Waals surface area (Å²) in [6.07, 6.45) is -1.09. The molecule has 2 aromatic heterocycles. The largest absolute Gasteiger partial charge is 0.506 e. The smallest absolute Gasteiger partial charge is 0.280 e. The summed E-state index contributed by atoms with van der Waals surface area (Å²) in [6, 6.07) is 0. The Balaban J connectivity index is 2.05. The summed E-state index contributed by atoms with van der Waals surface area (Å²) in [7, 11) is 0. The summed E-state index contributed by atoms with van der Waals surface area (Å²) in [5, 5.41) is 31.4. The summed E-state index contributed by atoms with van der Waals surface area (Å²) < 4.78 is 6.57. The number of fused-ring (bicyclic) bond motifs is 1. The van der Waals surface area contributed by atoms with E-state index in [4.69, 9.17) is 9.84 Å². The molecule has 0 aromatic carbocycles. The predicted octanol–water partition coefficient (Wildman–Crippen LogP) is -0.0686. The van der Waals surface area contributed by atoms with Gasteiger partial charge in [-0.2, -0.15) is 4.98 Å². The number of aromatic nitrogens is 4. The summed E-state index contributed by atoms with van der Waals surface area (Å²) in [5.41, 5.74) is -0.594. The number of anilines is 1. The normalized spacial score (nSPS) is 20.6. The van der Waals surface area contributed by atoms with Crippen LogP contribution in [0.1, 0.15) is 20.1 Å². The average molecular weight is 351 g/mol. The summed E-state index contributed by atoms with van der Waals surface area (Å²) >= 11 is 0. The van der Waals surface area contributed by atoms with Crippen LogP contribution in [-0.2, 0) is 9.53 Å². The average Bonchev–Trinajstić information content (AvgIpc) is 3.10. The third kappa shape index (κ3) is 2.83. The SMILES string of the molecule is CC(C)C(=O)Nc1nc2c(ncn2[C@@H]2O[C@H](CO)C(O)=C2O)c(=O)[nH]1. The maximum Gasteiger partial charge on any atom is 0.280 e. The van der Waals surface area contributed by atoms with E-state index in [9.17, 15) is 19.8 Å². The molecule has 2 aromatic rings. The molecule has 0 fully saturated rings. The third-order valence-corrected chi connectivity index (χ3v) is 3.71. The lowest BCUT2D eigenvalue weighted by atomic mass is 10.2. The van der Waals surface area contributed by atoms with E-state index >= 15 is 0 Å². The Hall–Kier alpha value is -2.92. The molecule has 0 unspecified atom stereocenters. The molecule has 0 saturated heterocycles. The second-order valence-corrected chi connectivity index (χ2v) is 5.81. The minimum atomic E-state index is -1.20. The Kier molecular flexibility index (Phi) is 4.18. The highest BCUT2D eigenvalue weighted by Gasteiger charge is 2.37. The fourth-order valence-corrected chi connectivity index (χ4v) is 2.32. The lowest BCUT2D eigenvalue weighted by Gasteiger charge is -2.14. The van der Waals surface area contributed by atoms with Crippen LogP contribution in [0.2, 0.25) is 0 Å². The first-order chi connectivity index (χ1) is 11.8. The zero-order valence-corrected chi connectivity index (χ0v) is 13.4. The highest BCUT2D eigenvalue weighted by molar-refractivity contribution is 5.91. The van der Waals surface area contributed by atoms with Gasteiger partial charge >= 0.3 is 0 Å². The summed E-state index contributed by atoms with van der Waals surface area (Å²) in [5.74, 6) is -1.77. The van der Waals surface area contributed by atoms with Crippen molar-refractivity contribution in [3.8, 4) is 0 Å². The third-order valence-electron chi connectivity index (χ3n) is 3.71. The Morgan fingerprint density at radius 1 is 1.44 bits per heavy atom. The van der Waals surface area contributed by atoms with E-state index in [1.165, 1.54) is 10.9 Å². The van der Waals surface area contributed by atoms with Gasteiger partial charge in [0.25, 0.3) is 5.56 Å². The van der Waals surface area contributed by atoms with Gasteiger partial charge < -0.3 is 20.1 Å². The van der Waals surface area contributed by atoms with Crippen molar-refractivity contribution < 1.29 is 24.9 Å². The van der Waals surface area contributed by atoms with Crippen LogP contribution >= 0.6 is 0 Å². The van der Waals surface area contributed by atoms with Crippen molar-refractivity contribution in [2.75, 3.05) is 11.9 Å². The van der Waals surface area contributed by atoms with Crippen molar-refractivity contribution in [1.29, 1.82) is 0 Å². The molecule has 3 rings (SSSR count). The maximum atomic E-state index is 12.1. The lowest BCUT2D eigenvalue weighted by Crippen LogP contribution is -2.23.